The summed E-state index contributed by atoms with van der Waals surface area (Å²) in [4.78, 5) is 9.83. The van der Waals surface area contributed by atoms with Crippen molar-refractivity contribution in [3.63, 3.8) is 0 Å². The first kappa shape index (κ1) is 27.7. The van der Waals surface area contributed by atoms with Crippen molar-refractivity contribution in [1.82, 2.24) is 19.6 Å². The molecule has 2 saturated heterocycles. The molecule has 0 saturated carbocycles. The maximum absolute atomic E-state index is 8.15. The van der Waals surface area contributed by atoms with E-state index in [1.165, 1.54) is 0 Å². The zero-order valence-corrected chi connectivity index (χ0v) is 25.3. The molecule has 0 aromatic heterocycles. The fraction of sp³-hybridized carbons (Fsp3) is 0.640. The molecule has 2 aliphatic rings. The first-order valence-corrected chi connectivity index (χ1v) is 19.5. The topological polar surface area (TPSA) is 13.0 Å². The van der Waals surface area contributed by atoms with E-state index in [1.807, 2.05) is 24.3 Å². The number of halogens is 3. The van der Waals surface area contributed by atoms with E-state index in [9.17, 15) is 0 Å². The van der Waals surface area contributed by atoms with Crippen LogP contribution in [0.4, 0.5) is 0 Å². The van der Waals surface area contributed by atoms with Crippen molar-refractivity contribution in [2.45, 2.75) is 79.6 Å². The molecule has 2 aliphatic heterocycles. The molecule has 2 fully saturated rings. The van der Waals surface area contributed by atoms with Gasteiger partial charge >= 0.3 is 215 Å². The van der Waals surface area contributed by atoms with Crippen molar-refractivity contribution in [3.05, 3.63) is 34.9 Å². The summed E-state index contributed by atoms with van der Waals surface area (Å²) in [5.41, 5.74) is 1.02. The summed E-state index contributed by atoms with van der Waals surface area (Å²) >= 11 is 6.22. The van der Waals surface area contributed by atoms with Crippen LogP contribution in [0.1, 0.15) is 61.0 Å². The number of nitrogens with zero attached hydrogens (tertiary/aromatic N) is 4. The second-order valence-corrected chi connectivity index (χ2v) is 23.7. The fourth-order valence-electron chi connectivity index (χ4n) is 4.62. The summed E-state index contributed by atoms with van der Waals surface area (Å²) in [6.45, 7) is 21.7. The third kappa shape index (κ3) is 5.32. The van der Waals surface area contributed by atoms with Gasteiger partial charge in [0.05, 0.1) is 0 Å². The van der Waals surface area contributed by atoms with Crippen LogP contribution in [0.25, 0.3) is 0 Å². The van der Waals surface area contributed by atoms with Crippen LogP contribution in [0.3, 0.4) is 0 Å². The second kappa shape index (κ2) is 10.3. The molecule has 0 unspecified atom stereocenters. The summed E-state index contributed by atoms with van der Waals surface area (Å²) in [5.74, 6) is 0. The standard InChI is InChI=1S/2C9H18N2.C7H5Cl.2ClH.Ru/c2*1-8(2)10-5-6-11(7-10)9(3)4;1-6-2-4-7(8)5-3-6;;;/h2*8-9H,5-6H2,1-4H3;1-5H;2*1H;/q;;;;;+2/p-2. The van der Waals surface area contributed by atoms with Gasteiger partial charge in [-0.05, 0) is 0 Å². The first-order valence-electron chi connectivity index (χ1n) is 11.9. The number of rotatable bonds is 5. The molecule has 190 valence electrons. The quantitative estimate of drug-likeness (QED) is 0.410. The maximum atomic E-state index is 8.15. The molecule has 1 aromatic rings. The van der Waals surface area contributed by atoms with Crippen LogP contribution in [-0.2, 0) is 10.3 Å². The van der Waals surface area contributed by atoms with Crippen LogP contribution in [0, 0.1) is 0 Å². The van der Waals surface area contributed by atoms with E-state index in [-0.39, 0.29) is 0 Å². The van der Waals surface area contributed by atoms with E-state index in [2.05, 4.69) is 79.6 Å². The van der Waals surface area contributed by atoms with Gasteiger partial charge in [0.2, 0.25) is 0 Å². The van der Waals surface area contributed by atoms with Crippen molar-refractivity contribution < 1.29 is 10.3 Å². The predicted molar refractivity (Wildman–Crippen MR) is 146 cm³/mol. The van der Waals surface area contributed by atoms with Crippen molar-refractivity contribution >= 4 is 44.3 Å². The number of benzene rings is 1. The van der Waals surface area contributed by atoms with Crippen molar-refractivity contribution in [1.29, 1.82) is 0 Å². The molecular weight excluding hydrogens is 564 g/mol. The van der Waals surface area contributed by atoms with Gasteiger partial charge < -0.3 is 0 Å². The minimum absolute atomic E-state index is 0.307. The van der Waals surface area contributed by atoms with Gasteiger partial charge in [-0.15, -0.1) is 0 Å². The molecule has 1 aromatic carbocycles. The van der Waals surface area contributed by atoms with E-state index in [4.69, 9.17) is 31.0 Å². The molecule has 2 heterocycles. The van der Waals surface area contributed by atoms with E-state index < -0.39 is 10.3 Å². The molecule has 8 heteroatoms. The molecule has 0 atom stereocenters. The second-order valence-electron chi connectivity index (χ2n) is 10.1. The SMILES string of the molecule is CC(C)N1CCN(C(C)C)[C]1=[Ru]([Cl])([Cl])(=[CH]c1ccc(Cl)cc1)=[C]1N(C(C)C)CCN1C(C)C. The fourth-order valence-corrected chi connectivity index (χ4v) is 17.8. The van der Waals surface area contributed by atoms with E-state index >= 15 is 0 Å². The molecule has 33 heavy (non-hydrogen) atoms. The van der Waals surface area contributed by atoms with Gasteiger partial charge in [-0.25, -0.2) is 0 Å². The van der Waals surface area contributed by atoms with Crippen LogP contribution in [-0.4, -0.2) is 83.3 Å². The zero-order valence-electron chi connectivity index (χ0n) is 21.3. The van der Waals surface area contributed by atoms with Crippen molar-refractivity contribution in [2.24, 2.45) is 0 Å². The van der Waals surface area contributed by atoms with E-state index in [1.54, 1.807) is 0 Å². The number of hydrogen-bond donors (Lipinski definition) is 0. The predicted octanol–water partition coefficient (Wildman–Crippen LogP) is 5.53. The molecule has 4 nitrogen and oxygen atoms in total. The Balaban J connectivity index is 2.66. The van der Waals surface area contributed by atoms with Crippen LogP contribution >= 0.6 is 31.0 Å². The first-order chi connectivity index (χ1) is 15.3. The molecule has 3 rings (SSSR count). The zero-order chi connectivity index (χ0) is 24.7. The summed E-state index contributed by atoms with van der Waals surface area (Å²) in [5, 5.41) is 0.713. The van der Waals surface area contributed by atoms with Crippen molar-refractivity contribution in [3.8, 4) is 0 Å². The van der Waals surface area contributed by atoms with Crippen LogP contribution in [0.15, 0.2) is 24.3 Å². The summed E-state index contributed by atoms with van der Waals surface area (Å²) in [6, 6.07) is 9.15. The minimum atomic E-state index is -4.58. The van der Waals surface area contributed by atoms with Crippen molar-refractivity contribution in [2.75, 3.05) is 26.2 Å². The average molecular weight is 605 g/mol. The molecule has 0 aliphatic carbocycles. The van der Waals surface area contributed by atoms with Crippen LogP contribution in [0.5, 0.6) is 0 Å². The third-order valence-corrected chi connectivity index (χ3v) is 16.6. The number of hydrogen-bond acceptors (Lipinski definition) is 4. The monoisotopic (exact) mass is 604 g/mol. The van der Waals surface area contributed by atoms with Crippen LogP contribution < -0.4 is 0 Å². The average Bonchev–Trinajstić information content (AvgIpc) is 3.36. The molecule has 0 bridgehead atoms. The Morgan fingerprint density at radius 1 is 0.636 bits per heavy atom. The third-order valence-electron chi connectivity index (χ3n) is 6.32. The Kier molecular flexibility index (Phi) is 8.63. The van der Waals surface area contributed by atoms with Gasteiger partial charge in [0.25, 0.3) is 0 Å². The Morgan fingerprint density at radius 2 is 0.939 bits per heavy atom. The summed E-state index contributed by atoms with van der Waals surface area (Å²) in [7, 11) is 11.7. The van der Waals surface area contributed by atoms with E-state index in [0.717, 1.165) is 40.5 Å². The molecular formula is C25H41Cl3N4Ru. The van der Waals surface area contributed by atoms with E-state index in [0.29, 0.717) is 29.2 Å². The summed E-state index contributed by atoms with van der Waals surface area (Å²) in [6.07, 6.45) is 0. The summed E-state index contributed by atoms with van der Waals surface area (Å²) < 4.78 is 4.47. The Labute approximate surface area is 213 Å². The molecule has 0 radical (unpaired) electrons. The van der Waals surface area contributed by atoms with Gasteiger partial charge in [0.15, 0.2) is 0 Å². The Hall–Kier alpha value is 0.163. The van der Waals surface area contributed by atoms with Gasteiger partial charge in [-0.3, -0.25) is 0 Å². The van der Waals surface area contributed by atoms with Crippen LogP contribution in [0.2, 0.25) is 5.02 Å². The van der Waals surface area contributed by atoms with Gasteiger partial charge in [-0.2, -0.15) is 0 Å². The Bertz CT molecular complexity index is 1010. The van der Waals surface area contributed by atoms with Gasteiger partial charge in [0.1, 0.15) is 0 Å². The Morgan fingerprint density at radius 3 is 1.21 bits per heavy atom. The normalized spacial score (nSPS) is 21.2. The van der Waals surface area contributed by atoms with Gasteiger partial charge in [0, 0.05) is 0 Å². The molecule has 0 N–H and O–H groups in total. The van der Waals surface area contributed by atoms with Gasteiger partial charge in [-0.1, -0.05) is 0 Å². The molecule has 0 amide bonds. The molecule has 0 spiro atoms.